The van der Waals surface area contributed by atoms with Crippen molar-refractivity contribution in [2.24, 2.45) is 0 Å². The van der Waals surface area contributed by atoms with Crippen molar-refractivity contribution >= 4 is 23.3 Å². The number of aliphatic hydroxyl groups is 1. The van der Waals surface area contributed by atoms with Crippen LogP contribution in [0.1, 0.15) is 54.8 Å². The van der Waals surface area contributed by atoms with Crippen LogP contribution in [-0.2, 0) is 15.0 Å². The number of carbonyl (C=O) groups is 2. The summed E-state index contributed by atoms with van der Waals surface area (Å²) in [6.07, 6.45) is 0. The molecule has 7 heteroatoms. The summed E-state index contributed by atoms with van der Waals surface area (Å²) in [5.41, 5.74) is 2.93. The van der Waals surface area contributed by atoms with Crippen molar-refractivity contribution in [3.63, 3.8) is 0 Å². The number of ether oxygens (including phenoxy) is 1. The molecule has 0 radical (unpaired) electrons. The lowest BCUT2D eigenvalue weighted by atomic mass is 9.85. The van der Waals surface area contributed by atoms with Gasteiger partial charge >= 0.3 is 5.91 Å². The number of aryl methyl sites for hydroxylation is 2. The fourth-order valence-corrected chi connectivity index (χ4v) is 4.20. The van der Waals surface area contributed by atoms with Crippen molar-refractivity contribution in [3.8, 4) is 5.75 Å². The average molecular weight is 461 g/mol. The third-order valence-corrected chi connectivity index (χ3v) is 6.07. The first-order valence-corrected chi connectivity index (χ1v) is 11.0. The molecule has 2 heterocycles. The van der Waals surface area contributed by atoms with Gasteiger partial charge in [0.05, 0.1) is 18.7 Å². The van der Waals surface area contributed by atoms with E-state index in [1.165, 1.54) is 4.90 Å². The Balaban J connectivity index is 1.91. The van der Waals surface area contributed by atoms with Gasteiger partial charge in [0.1, 0.15) is 17.3 Å². The molecule has 3 aromatic rings. The van der Waals surface area contributed by atoms with Crippen molar-refractivity contribution in [2.45, 2.75) is 46.1 Å². The highest BCUT2D eigenvalue weighted by atomic mass is 16.5. The van der Waals surface area contributed by atoms with Gasteiger partial charge in [0, 0.05) is 11.6 Å². The van der Waals surface area contributed by atoms with Crippen LogP contribution in [-0.4, -0.2) is 29.1 Å². The fourth-order valence-electron chi connectivity index (χ4n) is 4.20. The molecule has 1 amide bonds. The summed E-state index contributed by atoms with van der Waals surface area (Å²) in [6.45, 7) is 9.88. The highest BCUT2D eigenvalue weighted by Crippen LogP contribution is 2.42. The molecule has 0 bridgehead atoms. The number of amides is 1. The smallest absolute Gasteiger partial charge is 0.301 e. The summed E-state index contributed by atoms with van der Waals surface area (Å²) in [7, 11) is 1.56. The van der Waals surface area contributed by atoms with Crippen LogP contribution in [0.3, 0.4) is 0 Å². The van der Waals surface area contributed by atoms with Gasteiger partial charge in [-0.2, -0.15) is 0 Å². The maximum atomic E-state index is 13.2. The first-order chi connectivity index (χ1) is 16.0. The number of rotatable bonds is 4. The van der Waals surface area contributed by atoms with E-state index in [2.05, 4.69) is 25.9 Å². The lowest BCUT2D eigenvalue weighted by Gasteiger charge is -2.24. The van der Waals surface area contributed by atoms with Crippen LogP contribution >= 0.6 is 0 Å². The van der Waals surface area contributed by atoms with Crippen LogP contribution in [0.25, 0.3) is 5.76 Å². The lowest BCUT2D eigenvalue weighted by molar-refractivity contribution is -0.132. The van der Waals surface area contributed by atoms with Crippen molar-refractivity contribution in [3.05, 3.63) is 82.1 Å². The monoisotopic (exact) mass is 460 g/mol. The molecule has 176 valence electrons. The molecule has 1 fully saturated rings. The summed E-state index contributed by atoms with van der Waals surface area (Å²) in [5.74, 6) is -0.429. The summed E-state index contributed by atoms with van der Waals surface area (Å²) in [6, 6.07) is 13.5. The number of benzene rings is 2. The average Bonchev–Trinajstić information content (AvgIpc) is 3.33. The van der Waals surface area contributed by atoms with Gasteiger partial charge in [0.2, 0.25) is 0 Å². The van der Waals surface area contributed by atoms with E-state index in [1.54, 1.807) is 38.3 Å². The molecule has 7 nitrogen and oxygen atoms in total. The lowest BCUT2D eigenvalue weighted by Crippen LogP contribution is -2.29. The quantitative estimate of drug-likeness (QED) is 0.326. The third kappa shape index (κ3) is 3.98. The van der Waals surface area contributed by atoms with Crippen LogP contribution in [0.15, 0.2) is 58.6 Å². The highest BCUT2D eigenvalue weighted by Gasteiger charge is 2.48. The molecule has 0 saturated carbocycles. The van der Waals surface area contributed by atoms with Crippen LogP contribution in [0.5, 0.6) is 5.75 Å². The second-order valence-corrected chi connectivity index (χ2v) is 9.52. The van der Waals surface area contributed by atoms with Gasteiger partial charge in [0.25, 0.3) is 5.78 Å². The molecule has 4 rings (SSSR count). The number of aromatic nitrogens is 1. The molecule has 0 spiro atoms. The van der Waals surface area contributed by atoms with Crippen LogP contribution in [0.2, 0.25) is 0 Å². The van der Waals surface area contributed by atoms with E-state index in [0.717, 1.165) is 11.1 Å². The molecule has 1 aliphatic heterocycles. The number of hydrogen-bond acceptors (Lipinski definition) is 6. The minimum absolute atomic E-state index is 0.00118. The van der Waals surface area contributed by atoms with Gasteiger partial charge in [0.15, 0.2) is 5.82 Å². The van der Waals surface area contributed by atoms with E-state index in [9.17, 15) is 14.7 Å². The molecule has 1 aromatic heterocycles. The Hall–Kier alpha value is -3.87. The number of carbonyl (C=O) groups excluding carboxylic acids is 2. The van der Waals surface area contributed by atoms with Crippen molar-refractivity contribution in [1.82, 2.24) is 5.16 Å². The molecular formula is C27H28N2O5. The van der Waals surface area contributed by atoms with E-state index in [-0.39, 0.29) is 22.6 Å². The second kappa shape index (κ2) is 8.48. The zero-order valence-corrected chi connectivity index (χ0v) is 20.2. The first-order valence-electron chi connectivity index (χ1n) is 11.0. The zero-order valence-electron chi connectivity index (χ0n) is 20.2. The van der Waals surface area contributed by atoms with Gasteiger partial charge in [-0.05, 0) is 54.2 Å². The molecule has 34 heavy (non-hydrogen) atoms. The minimum Gasteiger partial charge on any atom is -0.507 e. The summed E-state index contributed by atoms with van der Waals surface area (Å²) >= 11 is 0. The number of hydrogen-bond donors (Lipinski definition) is 1. The van der Waals surface area contributed by atoms with E-state index in [1.807, 2.05) is 31.2 Å². The van der Waals surface area contributed by atoms with Crippen LogP contribution in [0, 0.1) is 13.8 Å². The van der Waals surface area contributed by atoms with Crippen LogP contribution in [0.4, 0.5) is 5.82 Å². The number of Topliss-reactive ketones (excluding diaryl/α,β-unsaturated/α-hetero) is 1. The zero-order chi connectivity index (χ0) is 24.8. The van der Waals surface area contributed by atoms with Crippen molar-refractivity contribution in [2.75, 3.05) is 12.0 Å². The molecule has 2 aromatic carbocycles. The predicted molar refractivity (Wildman–Crippen MR) is 129 cm³/mol. The normalized spacial score (nSPS) is 17.9. The van der Waals surface area contributed by atoms with Gasteiger partial charge in [-0.3, -0.25) is 14.5 Å². The number of anilines is 1. The Bertz CT molecular complexity index is 1300. The third-order valence-electron chi connectivity index (χ3n) is 6.07. The Kier molecular flexibility index (Phi) is 5.81. The molecule has 1 aliphatic rings. The number of ketones is 1. The Morgan fingerprint density at radius 2 is 1.74 bits per heavy atom. The van der Waals surface area contributed by atoms with Gasteiger partial charge in [-0.15, -0.1) is 0 Å². The molecule has 0 unspecified atom stereocenters. The van der Waals surface area contributed by atoms with E-state index < -0.39 is 17.7 Å². The largest absolute Gasteiger partial charge is 0.507 e. The molecule has 1 N–H and O–H groups in total. The van der Waals surface area contributed by atoms with Crippen molar-refractivity contribution < 1.29 is 24.0 Å². The van der Waals surface area contributed by atoms with Crippen LogP contribution < -0.4 is 9.64 Å². The maximum Gasteiger partial charge on any atom is 0.301 e. The van der Waals surface area contributed by atoms with Gasteiger partial charge in [-0.25, -0.2) is 0 Å². The topological polar surface area (TPSA) is 92.9 Å². The molecule has 1 saturated heterocycles. The van der Waals surface area contributed by atoms with Gasteiger partial charge < -0.3 is 14.4 Å². The molecular weight excluding hydrogens is 432 g/mol. The minimum atomic E-state index is -0.860. The highest BCUT2D eigenvalue weighted by molar-refractivity contribution is 6.51. The summed E-state index contributed by atoms with van der Waals surface area (Å²) < 4.78 is 10.5. The Labute approximate surface area is 198 Å². The van der Waals surface area contributed by atoms with Crippen molar-refractivity contribution in [1.29, 1.82) is 0 Å². The van der Waals surface area contributed by atoms with Gasteiger partial charge in [-0.1, -0.05) is 50.2 Å². The second-order valence-electron chi connectivity index (χ2n) is 9.52. The SMILES string of the molecule is COc1ccc(/C(O)=C2\C(=O)C(=O)N(c3cc(C)on3)[C@H]2c2ccc(C(C)(C)C)cc2)cc1C. The number of nitrogens with zero attached hydrogens (tertiary/aromatic N) is 2. The summed E-state index contributed by atoms with van der Waals surface area (Å²) in [5, 5.41) is 15.3. The van der Waals surface area contributed by atoms with E-state index >= 15 is 0 Å². The Morgan fingerprint density at radius 3 is 2.26 bits per heavy atom. The summed E-state index contributed by atoms with van der Waals surface area (Å²) in [4.78, 5) is 27.7. The predicted octanol–water partition coefficient (Wildman–Crippen LogP) is 5.22. The number of aliphatic hydroxyl groups excluding tert-OH is 1. The molecule has 0 aliphatic carbocycles. The molecule has 1 atom stereocenters. The number of methoxy groups -OCH3 is 1. The van der Waals surface area contributed by atoms with E-state index in [4.69, 9.17) is 9.26 Å². The Morgan fingerprint density at radius 1 is 1.06 bits per heavy atom. The van der Waals surface area contributed by atoms with E-state index in [0.29, 0.717) is 22.6 Å². The fraction of sp³-hybridized carbons (Fsp3) is 0.296. The first kappa shape index (κ1) is 23.3. The standard InChI is InChI=1S/C27H28N2O5/c1-15-13-18(9-12-20(15)33-6)24(30)22-23(17-7-10-19(11-8-17)27(3,4)5)29(26(32)25(22)31)21-14-16(2)34-28-21/h7-14,23,30H,1-6H3/b24-22+/t23-/m0/s1. The maximum absolute atomic E-state index is 13.2.